The van der Waals surface area contributed by atoms with Crippen molar-refractivity contribution in [3.8, 4) is 5.75 Å². The van der Waals surface area contributed by atoms with E-state index in [-0.39, 0.29) is 11.9 Å². The smallest absolute Gasteiger partial charge is 0.237 e. The predicted octanol–water partition coefficient (Wildman–Crippen LogP) is 1.59. The molecule has 0 bridgehead atoms. The minimum Gasteiger partial charge on any atom is -0.497 e. The van der Waals surface area contributed by atoms with E-state index in [2.05, 4.69) is 20.2 Å². The van der Waals surface area contributed by atoms with Gasteiger partial charge in [0, 0.05) is 25.8 Å². The molecule has 25 heavy (non-hydrogen) atoms. The lowest BCUT2D eigenvalue weighted by Crippen LogP contribution is -2.47. The third-order valence-electron chi connectivity index (χ3n) is 4.70. The van der Waals surface area contributed by atoms with Crippen LogP contribution in [0.15, 0.2) is 36.8 Å². The van der Waals surface area contributed by atoms with Crippen LogP contribution < -0.4 is 10.1 Å². The van der Waals surface area contributed by atoms with E-state index in [4.69, 9.17) is 4.74 Å². The fourth-order valence-electron chi connectivity index (χ4n) is 3.04. The second-order valence-electron chi connectivity index (χ2n) is 6.28. The molecule has 0 radical (unpaired) electrons. The monoisotopic (exact) mass is 340 g/mol. The molecule has 6 heteroatoms. The van der Waals surface area contributed by atoms with E-state index in [0.29, 0.717) is 13.1 Å². The normalized spacial score (nSPS) is 15.3. The number of rotatable bonds is 6. The van der Waals surface area contributed by atoms with Gasteiger partial charge in [-0.15, -0.1) is 0 Å². The van der Waals surface area contributed by atoms with Gasteiger partial charge in [-0.3, -0.25) is 9.69 Å². The number of amides is 1. The van der Waals surface area contributed by atoms with Crippen molar-refractivity contribution in [1.29, 1.82) is 0 Å². The quantitative estimate of drug-likeness (QED) is 0.865. The molecule has 1 aromatic carbocycles. The molecular weight excluding hydrogens is 316 g/mol. The summed E-state index contributed by atoms with van der Waals surface area (Å²) in [5, 5.41) is 3.04. The van der Waals surface area contributed by atoms with Gasteiger partial charge in [-0.25, -0.2) is 9.97 Å². The third-order valence-corrected chi connectivity index (χ3v) is 4.70. The number of nitrogens with zero attached hydrogens (tertiary/aromatic N) is 3. The third kappa shape index (κ3) is 4.33. The highest BCUT2D eigenvalue weighted by molar-refractivity contribution is 5.81. The molecule has 2 aromatic rings. The number of hydrogen-bond donors (Lipinski definition) is 1. The first kappa shape index (κ1) is 17.4. The van der Waals surface area contributed by atoms with Crippen molar-refractivity contribution in [3.63, 3.8) is 0 Å². The number of benzene rings is 1. The highest BCUT2D eigenvalue weighted by Crippen LogP contribution is 2.17. The molecule has 3 rings (SSSR count). The van der Waals surface area contributed by atoms with Gasteiger partial charge in [0.25, 0.3) is 0 Å². The molecule has 1 aromatic heterocycles. The number of carbonyl (C=O) groups is 1. The van der Waals surface area contributed by atoms with Gasteiger partial charge >= 0.3 is 0 Å². The summed E-state index contributed by atoms with van der Waals surface area (Å²) in [5.41, 5.74) is 3.39. The first-order chi connectivity index (χ1) is 12.2. The minimum absolute atomic E-state index is 0.0611. The lowest BCUT2D eigenvalue weighted by molar-refractivity contribution is -0.126. The van der Waals surface area contributed by atoms with Gasteiger partial charge in [0.05, 0.1) is 18.8 Å². The molecule has 0 fully saturated rings. The Labute approximate surface area is 148 Å². The van der Waals surface area contributed by atoms with E-state index >= 15 is 0 Å². The Morgan fingerprint density at radius 1 is 1.36 bits per heavy atom. The lowest BCUT2D eigenvalue weighted by atomic mass is 10.1. The van der Waals surface area contributed by atoms with Crippen LogP contribution in [0.3, 0.4) is 0 Å². The van der Waals surface area contributed by atoms with Crippen LogP contribution in [0.25, 0.3) is 0 Å². The van der Waals surface area contributed by atoms with Crippen LogP contribution in [0.4, 0.5) is 0 Å². The lowest BCUT2D eigenvalue weighted by Gasteiger charge is -2.31. The zero-order valence-corrected chi connectivity index (χ0v) is 14.7. The van der Waals surface area contributed by atoms with Crippen LogP contribution in [0.1, 0.15) is 23.7 Å². The number of carbonyl (C=O) groups excluding carboxylic acids is 1. The summed E-state index contributed by atoms with van der Waals surface area (Å²) in [6.07, 6.45) is 5.14. The van der Waals surface area contributed by atoms with Crippen LogP contribution in [0.2, 0.25) is 0 Å². The predicted molar refractivity (Wildman–Crippen MR) is 95.3 cm³/mol. The Morgan fingerprint density at radius 3 is 2.92 bits per heavy atom. The van der Waals surface area contributed by atoms with Crippen LogP contribution >= 0.6 is 0 Å². The van der Waals surface area contributed by atoms with E-state index in [1.54, 1.807) is 13.4 Å². The molecule has 6 nitrogen and oxygen atoms in total. The van der Waals surface area contributed by atoms with Crippen LogP contribution in [-0.4, -0.2) is 47.0 Å². The van der Waals surface area contributed by atoms with Gasteiger partial charge in [-0.05, 0) is 43.0 Å². The van der Waals surface area contributed by atoms with Gasteiger partial charge < -0.3 is 10.1 Å². The van der Waals surface area contributed by atoms with Crippen molar-refractivity contribution >= 4 is 5.91 Å². The van der Waals surface area contributed by atoms with Gasteiger partial charge in [-0.1, -0.05) is 12.1 Å². The molecule has 1 aliphatic rings. The molecule has 2 heterocycles. The van der Waals surface area contributed by atoms with Crippen molar-refractivity contribution in [2.24, 2.45) is 0 Å². The zero-order chi connectivity index (χ0) is 17.6. The molecule has 0 spiro atoms. The highest BCUT2D eigenvalue weighted by atomic mass is 16.5. The number of fused-ring (bicyclic) bond motifs is 1. The molecule has 1 atom stereocenters. The van der Waals surface area contributed by atoms with Crippen molar-refractivity contribution in [2.45, 2.75) is 32.4 Å². The average molecular weight is 340 g/mol. The Hall–Kier alpha value is -2.47. The van der Waals surface area contributed by atoms with E-state index < -0.39 is 0 Å². The SMILES string of the molecule is COc1ccc(CCNC(=O)C(C)N2CCc3cncnc3C2)cc1. The summed E-state index contributed by atoms with van der Waals surface area (Å²) in [6, 6.07) is 7.75. The molecular formula is C19H24N4O2. The molecule has 1 unspecified atom stereocenters. The summed E-state index contributed by atoms with van der Waals surface area (Å²) in [7, 11) is 1.65. The molecule has 0 saturated carbocycles. The topological polar surface area (TPSA) is 67.3 Å². The van der Waals surface area contributed by atoms with Crippen molar-refractivity contribution in [3.05, 3.63) is 53.6 Å². The van der Waals surface area contributed by atoms with E-state index in [0.717, 1.165) is 30.8 Å². The highest BCUT2D eigenvalue weighted by Gasteiger charge is 2.25. The first-order valence-electron chi connectivity index (χ1n) is 8.60. The van der Waals surface area contributed by atoms with Crippen LogP contribution in [0, 0.1) is 0 Å². The molecule has 1 aliphatic heterocycles. The number of aromatic nitrogens is 2. The van der Waals surface area contributed by atoms with Crippen molar-refractivity contribution in [1.82, 2.24) is 20.2 Å². The fourth-order valence-corrected chi connectivity index (χ4v) is 3.04. The largest absolute Gasteiger partial charge is 0.497 e. The summed E-state index contributed by atoms with van der Waals surface area (Å²) in [5.74, 6) is 0.904. The minimum atomic E-state index is -0.168. The molecule has 0 aliphatic carbocycles. The fraction of sp³-hybridized carbons (Fsp3) is 0.421. The zero-order valence-electron chi connectivity index (χ0n) is 14.7. The van der Waals surface area contributed by atoms with Gasteiger partial charge in [0.15, 0.2) is 0 Å². The van der Waals surface area contributed by atoms with Gasteiger partial charge in [-0.2, -0.15) is 0 Å². The summed E-state index contributed by atoms with van der Waals surface area (Å²) < 4.78 is 5.15. The second kappa shape index (κ2) is 8.07. The summed E-state index contributed by atoms with van der Waals surface area (Å²) >= 11 is 0. The maximum Gasteiger partial charge on any atom is 0.237 e. The Bertz CT molecular complexity index is 718. The Morgan fingerprint density at radius 2 is 2.16 bits per heavy atom. The molecule has 0 saturated heterocycles. The van der Waals surface area contributed by atoms with Gasteiger partial charge in [0.1, 0.15) is 12.1 Å². The number of nitrogens with one attached hydrogen (secondary N) is 1. The Balaban J connectivity index is 1.48. The second-order valence-corrected chi connectivity index (χ2v) is 6.28. The number of ether oxygens (including phenoxy) is 1. The van der Waals surface area contributed by atoms with Crippen molar-refractivity contribution in [2.75, 3.05) is 20.2 Å². The first-order valence-corrected chi connectivity index (χ1v) is 8.60. The standard InChI is InChI=1S/C19H24N4O2/c1-14(23-10-8-16-11-20-13-22-18(16)12-23)19(24)21-9-7-15-3-5-17(25-2)6-4-15/h3-6,11,13-14H,7-10,12H2,1-2H3,(H,21,24). The van der Waals surface area contributed by atoms with Crippen LogP contribution in [0.5, 0.6) is 5.75 Å². The van der Waals surface area contributed by atoms with E-state index in [1.807, 2.05) is 37.4 Å². The molecule has 1 N–H and O–H groups in total. The summed E-state index contributed by atoms with van der Waals surface area (Å²) in [6.45, 7) is 4.13. The summed E-state index contributed by atoms with van der Waals surface area (Å²) in [4.78, 5) is 23.0. The molecule has 1 amide bonds. The van der Waals surface area contributed by atoms with Gasteiger partial charge in [0.2, 0.25) is 5.91 Å². The maximum atomic E-state index is 12.4. The average Bonchev–Trinajstić information content (AvgIpc) is 2.67. The van der Waals surface area contributed by atoms with E-state index in [9.17, 15) is 4.79 Å². The number of methoxy groups -OCH3 is 1. The molecule has 132 valence electrons. The van der Waals surface area contributed by atoms with E-state index in [1.165, 1.54) is 11.1 Å². The van der Waals surface area contributed by atoms with Crippen LogP contribution in [-0.2, 0) is 24.2 Å². The van der Waals surface area contributed by atoms with Crippen molar-refractivity contribution < 1.29 is 9.53 Å². The maximum absolute atomic E-state index is 12.4. The number of hydrogen-bond acceptors (Lipinski definition) is 5. The Kier molecular flexibility index (Phi) is 5.60.